The van der Waals surface area contributed by atoms with Crippen LogP contribution < -0.4 is 10.0 Å². The molecule has 0 aliphatic carbocycles. The molecular weight excluding hydrogens is 400 g/mol. The topological polar surface area (TPSA) is 102 Å². The van der Waals surface area contributed by atoms with E-state index < -0.39 is 10.0 Å². The van der Waals surface area contributed by atoms with Crippen LogP contribution in [0.3, 0.4) is 0 Å². The lowest BCUT2D eigenvalue weighted by molar-refractivity contribution is 0.600. The Hall–Kier alpha value is -3.72. The highest BCUT2D eigenvalue weighted by molar-refractivity contribution is 7.92. The van der Waals surface area contributed by atoms with Gasteiger partial charge in [0.2, 0.25) is 0 Å². The fraction of sp³-hybridized carbons (Fsp3) is 0.0952. The van der Waals surface area contributed by atoms with Gasteiger partial charge in [-0.15, -0.1) is 0 Å². The quantitative estimate of drug-likeness (QED) is 0.492. The zero-order valence-corrected chi connectivity index (χ0v) is 17.3. The molecule has 2 aromatic carbocycles. The summed E-state index contributed by atoms with van der Waals surface area (Å²) in [7, 11) is -3.66. The Morgan fingerprint density at radius 1 is 0.933 bits per heavy atom. The summed E-state index contributed by atoms with van der Waals surface area (Å²) in [6.07, 6.45) is 6.59. The molecule has 0 saturated carbocycles. The van der Waals surface area contributed by atoms with Crippen molar-refractivity contribution in [2.24, 2.45) is 0 Å². The molecule has 152 valence electrons. The first-order chi connectivity index (χ1) is 14.4. The Kier molecular flexibility index (Phi) is 5.20. The van der Waals surface area contributed by atoms with Gasteiger partial charge in [0.05, 0.1) is 4.90 Å². The van der Waals surface area contributed by atoms with Gasteiger partial charge in [0.25, 0.3) is 10.0 Å². The van der Waals surface area contributed by atoms with E-state index in [4.69, 9.17) is 0 Å². The summed E-state index contributed by atoms with van der Waals surface area (Å²) in [5, 5.41) is 3.18. The maximum Gasteiger partial charge on any atom is 0.262 e. The van der Waals surface area contributed by atoms with Crippen molar-refractivity contribution in [2.75, 3.05) is 10.0 Å². The van der Waals surface area contributed by atoms with Crippen molar-refractivity contribution in [1.29, 1.82) is 0 Å². The standard InChI is InChI=1S/C21H20N6O2S/c1-15-3-8-19(16(2)11-15)30(28,29)26-18-6-4-17(5-7-18)25-20-12-21(24-13-23-20)27-10-9-22-14-27/h3-14,26H,1-2H3,(H,23,24,25). The number of sulfonamides is 1. The van der Waals surface area contributed by atoms with E-state index in [1.165, 1.54) is 6.33 Å². The number of benzene rings is 2. The van der Waals surface area contributed by atoms with Crippen LogP contribution >= 0.6 is 0 Å². The number of nitrogens with one attached hydrogen (secondary N) is 2. The van der Waals surface area contributed by atoms with Crippen molar-refractivity contribution in [3.8, 4) is 5.82 Å². The number of nitrogens with zero attached hydrogens (tertiary/aromatic N) is 4. The van der Waals surface area contributed by atoms with Gasteiger partial charge in [-0.05, 0) is 49.7 Å². The molecule has 0 aliphatic rings. The first-order valence-corrected chi connectivity index (χ1v) is 10.7. The van der Waals surface area contributed by atoms with Crippen LogP contribution in [-0.2, 0) is 10.0 Å². The summed E-state index contributed by atoms with van der Waals surface area (Å²) in [6, 6.07) is 14.0. The summed E-state index contributed by atoms with van der Waals surface area (Å²) >= 11 is 0. The molecule has 2 aromatic heterocycles. The van der Waals surface area contributed by atoms with E-state index in [0.29, 0.717) is 22.9 Å². The van der Waals surface area contributed by atoms with Crippen LogP contribution in [0, 0.1) is 13.8 Å². The lowest BCUT2D eigenvalue weighted by atomic mass is 10.2. The lowest BCUT2D eigenvalue weighted by Crippen LogP contribution is -2.14. The second kappa shape index (κ2) is 7.96. The Morgan fingerprint density at radius 3 is 2.40 bits per heavy atom. The van der Waals surface area contributed by atoms with E-state index in [9.17, 15) is 8.42 Å². The van der Waals surface area contributed by atoms with Crippen LogP contribution in [0.25, 0.3) is 5.82 Å². The molecule has 0 fully saturated rings. The molecular formula is C21H20N6O2S. The van der Waals surface area contributed by atoms with Crippen molar-refractivity contribution >= 4 is 27.2 Å². The van der Waals surface area contributed by atoms with Gasteiger partial charge in [-0.1, -0.05) is 17.7 Å². The summed E-state index contributed by atoms with van der Waals surface area (Å²) < 4.78 is 29.8. The van der Waals surface area contributed by atoms with Gasteiger partial charge < -0.3 is 5.32 Å². The third kappa shape index (κ3) is 4.31. The molecule has 0 atom stereocenters. The molecule has 0 amide bonds. The van der Waals surface area contributed by atoms with Gasteiger partial charge in [-0.25, -0.2) is 23.4 Å². The minimum absolute atomic E-state index is 0.267. The van der Waals surface area contributed by atoms with Crippen molar-refractivity contribution in [1.82, 2.24) is 19.5 Å². The van der Waals surface area contributed by atoms with Crippen molar-refractivity contribution in [3.05, 3.63) is 84.7 Å². The van der Waals surface area contributed by atoms with Gasteiger partial charge in [0, 0.05) is 29.8 Å². The average molecular weight is 420 g/mol. The molecule has 0 radical (unpaired) electrons. The van der Waals surface area contributed by atoms with E-state index >= 15 is 0 Å². The maximum atomic E-state index is 12.7. The van der Waals surface area contributed by atoms with Crippen LogP contribution in [0.5, 0.6) is 0 Å². The molecule has 0 spiro atoms. The van der Waals surface area contributed by atoms with E-state index in [0.717, 1.165) is 11.3 Å². The largest absolute Gasteiger partial charge is 0.340 e. The molecule has 0 aliphatic heterocycles. The third-order valence-electron chi connectivity index (χ3n) is 4.45. The molecule has 0 saturated heterocycles. The Labute approximate surface area is 174 Å². The minimum Gasteiger partial charge on any atom is -0.340 e. The molecule has 4 aromatic rings. The number of anilines is 3. The van der Waals surface area contributed by atoms with Crippen LogP contribution in [0.15, 0.2) is 78.5 Å². The number of aryl methyl sites for hydroxylation is 2. The number of hydrogen-bond donors (Lipinski definition) is 2. The van der Waals surface area contributed by atoms with Gasteiger partial charge in [0.15, 0.2) is 0 Å². The van der Waals surface area contributed by atoms with Gasteiger partial charge in [-0.2, -0.15) is 0 Å². The number of imidazole rings is 1. The first-order valence-electron chi connectivity index (χ1n) is 9.18. The highest BCUT2D eigenvalue weighted by Crippen LogP contribution is 2.23. The molecule has 4 rings (SSSR count). The highest BCUT2D eigenvalue weighted by Gasteiger charge is 2.16. The van der Waals surface area contributed by atoms with Gasteiger partial charge >= 0.3 is 0 Å². The Balaban J connectivity index is 1.49. The number of rotatable bonds is 6. The van der Waals surface area contributed by atoms with Crippen molar-refractivity contribution in [2.45, 2.75) is 18.7 Å². The monoisotopic (exact) mass is 420 g/mol. The smallest absolute Gasteiger partial charge is 0.262 e. The summed E-state index contributed by atoms with van der Waals surface area (Å²) in [5.41, 5.74) is 2.96. The first kappa shape index (κ1) is 19.6. The SMILES string of the molecule is Cc1ccc(S(=O)(=O)Nc2ccc(Nc3cc(-n4ccnc4)ncn3)cc2)c(C)c1. The fourth-order valence-electron chi connectivity index (χ4n) is 3.03. The molecule has 9 heteroatoms. The van der Waals surface area contributed by atoms with Crippen molar-refractivity contribution in [3.63, 3.8) is 0 Å². The number of hydrogen-bond acceptors (Lipinski definition) is 6. The summed E-state index contributed by atoms with van der Waals surface area (Å²) in [5.74, 6) is 1.29. The molecule has 2 N–H and O–H groups in total. The maximum absolute atomic E-state index is 12.7. The molecule has 0 bridgehead atoms. The summed E-state index contributed by atoms with van der Waals surface area (Å²) in [4.78, 5) is 12.7. The Morgan fingerprint density at radius 2 is 1.70 bits per heavy atom. The molecule has 0 unspecified atom stereocenters. The minimum atomic E-state index is -3.66. The van der Waals surface area contributed by atoms with Gasteiger partial charge in [-0.3, -0.25) is 9.29 Å². The average Bonchev–Trinajstić information content (AvgIpc) is 3.24. The summed E-state index contributed by atoms with van der Waals surface area (Å²) in [6.45, 7) is 3.72. The second-order valence-corrected chi connectivity index (χ2v) is 8.46. The van der Waals surface area contributed by atoms with Crippen LogP contribution in [-0.4, -0.2) is 27.9 Å². The van der Waals surface area contributed by atoms with Crippen LogP contribution in [0.2, 0.25) is 0 Å². The fourth-order valence-corrected chi connectivity index (χ4v) is 4.32. The lowest BCUT2D eigenvalue weighted by Gasteiger charge is -2.12. The Bertz CT molecular complexity index is 1270. The van der Waals surface area contributed by atoms with E-state index in [1.54, 1.807) is 72.7 Å². The normalized spacial score (nSPS) is 11.3. The highest BCUT2D eigenvalue weighted by atomic mass is 32.2. The third-order valence-corrected chi connectivity index (χ3v) is 5.99. The predicted octanol–water partition coefficient (Wildman–Crippen LogP) is 3.82. The van der Waals surface area contributed by atoms with E-state index in [-0.39, 0.29) is 4.90 Å². The van der Waals surface area contributed by atoms with Crippen LogP contribution in [0.1, 0.15) is 11.1 Å². The number of aromatic nitrogens is 4. The molecule has 8 nitrogen and oxygen atoms in total. The van der Waals surface area contributed by atoms with Crippen LogP contribution in [0.4, 0.5) is 17.2 Å². The zero-order valence-electron chi connectivity index (χ0n) is 16.4. The predicted molar refractivity (Wildman–Crippen MR) is 116 cm³/mol. The zero-order chi connectivity index (χ0) is 21.1. The van der Waals surface area contributed by atoms with E-state index in [2.05, 4.69) is 25.0 Å². The molecule has 2 heterocycles. The van der Waals surface area contributed by atoms with E-state index in [1.807, 2.05) is 13.0 Å². The van der Waals surface area contributed by atoms with Crippen molar-refractivity contribution < 1.29 is 8.42 Å². The van der Waals surface area contributed by atoms with Gasteiger partial charge in [0.1, 0.15) is 24.3 Å². The molecule has 30 heavy (non-hydrogen) atoms. The second-order valence-electron chi connectivity index (χ2n) is 6.81.